The van der Waals surface area contributed by atoms with Gasteiger partial charge in [0.05, 0.1) is 12.7 Å². The number of anilines is 1. The Labute approximate surface area is 126 Å². The fraction of sp³-hybridized carbons (Fsp3) is 0.389. The molecule has 0 atom stereocenters. The van der Waals surface area contributed by atoms with Gasteiger partial charge in [-0.25, -0.2) is 4.98 Å². The molecule has 0 unspecified atom stereocenters. The Morgan fingerprint density at radius 1 is 1.10 bits per heavy atom. The molecule has 1 aromatic heterocycles. The zero-order valence-corrected chi connectivity index (χ0v) is 12.5. The van der Waals surface area contributed by atoms with Crippen LogP contribution in [-0.2, 0) is 11.3 Å². The number of aryl methyl sites for hydroxylation is 1. The van der Waals surface area contributed by atoms with E-state index in [9.17, 15) is 0 Å². The van der Waals surface area contributed by atoms with E-state index in [1.54, 1.807) is 0 Å². The van der Waals surface area contributed by atoms with Crippen molar-refractivity contribution in [1.29, 1.82) is 0 Å². The second kappa shape index (κ2) is 6.72. The highest BCUT2D eigenvalue weighted by atomic mass is 16.5. The highest BCUT2D eigenvalue weighted by Crippen LogP contribution is 2.20. The van der Waals surface area contributed by atoms with Gasteiger partial charge in [0.25, 0.3) is 0 Å². The third-order valence-electron chi connectivity index (χ3n) is 3.99. The van der Waals surface area contributed by atoms with Gasteiger partial charge in [0.1, 0.15) is 5.82 Å². The predicted molar refractivity (Wildman–Crippen MR) is 85.4 cm³/mol. The largest absolute Gasteiger partial charge is 0.373 e. The van der Waals surface area contributed by atoms with Crippen LogP contribution < -0.4 is 4.90 Å². The third-order valence-corrected chi connectivity index (χ3v) is 3.99. The zero-order valence-electron chi connectivity index (χ0n) is 12.5. The Hall–Kier alpha value is -1.87. The molecule has 21 heavy (non-hydrogen) atoms. The van der Waals surface area contributed by atoms with Gasteiger partial charge in [-0.1, -0.05) is 36.4 Å². The minimum Gasteiger partial charge on any atom is -0.373 e. The number of hydrogen-bond acceptors (Lipinski definition) is 3. The maximum Gasteiger partial charge on any atom is 0.128 e. The first-order valence-electron chi connectivity index (χ1n) is 7.64. The topological polar surface area (TPSA) is 25.4 Å². The first kappa shape index (κ1) is 14.1. The minimum absolute atomic E-state index is 0.368. The van der Waals surface area contributed by atoms with E-state index in [0.717, 1.165) is 31.7 Å². The highest BCUT2D eigenvalue weighted by molar-refractivity contribution is 5.39. The normalized spacial score (nSPS) is 16.1. The minimum atomic E-state index is 0.368. The summed E-state index contributed by atoms with van der Waals surface area (Å²) < 4.78 is 6.03. The van der Waals surface area contributed by atoms with Gasteiger partial charge in [-0.15, -0.1) is 0 Å². The van der Waals surface area contributed by atoms with Crippen molar-refractivity contribution in [3.8, 4) is 0 Å². The molecule has 1 saturated heterocycles. The van der Waals surface area contributed by atoms with Gasteiger partial charge in [0.2, 0.25) is 0 Å². The summed E-state index contributed by atoms with van der Waals surface area (Å²) in [6.45, 7) is 4.83. The molecule has 0 amide bonds. The highest BCUT2D eigenvalue weighted by Gasteiger charge is 2.20. The van der Waals surface area contributed by atoms with Gasteiger partial charge in [-0.2, -0.15) is 0 Å². The molecule has 0 bridgehead atoms. The Bertz CT molecular complexity index is 545. The molecule has 3 rings (SSSR count). The molecule has 0 N–H and O–H groups in total. The molecule has 0 radical (unpaired) electrons. The fourth-order valence-corrected chi connectivity index (χ4v) is 2.69. The van der Waals surface area contributed by atoms with Crippen LogP contribution in [0.5, 0.6) is 0 Å². The van der Waals surface area contributed by atoms with Crippen molar-refractivity contribution in [3.05, 3.63) is 59.8 Å². The summed E-state index contributed by atoms with van der Waals surface area (Å²) in [5, 5.41) is 0. The van der Waals surface area contributed by atoms with Gasteiger partial charge in [0.15, 0.2) is 0 Å². The number of aromatic nitrogens is 1. The second-order valence-corrected chi connectivity index (χ2v) is 5.68. The van der Waals surface area contributed by atoms with Crippen molar-refractivity contribution in [2.24, 2.45) is 0 Å². The maximum absolute atomic E-state index is 6.03. The van der Waals surface area contributed by atoms with Crippen LogP contribution in [0.3, 0.4) is 0 Å². The number of piperidine rings is 1. The average molecular weight is 282 g/mol. The Kier molecular flexibility index (Phi) is 4.51. The number of nitrogens with zero attached hydrogens (tertiary/aromatic N) is 2. The van der Waals surface area contributed by atoms with E-state index < -0.39 is 0 Å². The van der Waals surface area contributed by atoms with Crippen LogP contribution in [0.4, 0.5) is 5.82 Å². The van der Waals surface area contributed by atoms with Crippen molar-refractivity contribution in [2.45, 2.75) is 32.5 Å². The number of rotatable bonds is 4. The predicted octanol–water partition coefficient (Wildman–Crippen LogP) is 3.58. The van der Waals surface area contributed by atoms with E-state index in [1.807, 2.05) is 12.3 Å². The molecule has 0 saturated carbocycles. The lowest BCUT2D eigenvalue weighted by molar-refractivity contribution is 0.0250. The molecular formula is C18H22N2O. The van der Waals surface area contributed by atoms with Crippen LogP contribution in [0.1, 0.15) is 24.0 Å². The van der Waals surface area contributed by atoms with Gasteiger partial charge in [-0.05, 0) is 37.0 Å². The summed E-state index contributed by atoms with van der Waals surface area (Å²) in [7, 11) is 0. The Balaban J connectivity index is 1.48. The van der Waals surface area contributed by atoms with Crippen LogP contribution in [0.15, 0.2) is 48.7 Å². The van der Waals surface area contributed by atoms with E-state index in [0.29, 0.717) is 12.7 Å². The number of pyridine rings is 1. The SMILES string of the molecule is Cc1ccc(N2CCC(OCc3ccccc3)CC2)nc1. The van der Waals surface area contributed by atoms with Crippen LogP contribution in [-0.4, -0.2) is 24.2 Å². The summed E-state index contributed by atoms with van der Waals surface area (Å²) in [5.41, 5.74) is 2.46. The van der Waals surface area contributed by atoms with Crippen LogP contribution in [0.2, 0.25) is 0 Å². The molecule has 0 aliphatic carbocycles. The molecule has 1 fully saturated rings. The smallest absolute Gasteiger partial charge is 0.128 e. The molecule has 110 valence electrons. The van der Waals surface area contributed by atoms with Crippen molar-refractivity contribution in [3.63, 3.8) is 0 Å². The molecule has 1 aliphatic rings. The summed E-state index contributed by atoms with van der Waals surface area (Å²) in [6, 6.07) is 14.6. The van der Waals surface area contributed by atoms with E-state index >= 15 is 0 Å². The third kappa shape index (κ3) is 3.82. The van der Waals surface area contributed by atoms with E-state index in [1.165, 1.54) is 11.1 Å². The number of benzene rings is 1. The first-order valence-corrected chi connectivity index (χ1v) is 7.64. The number of ether oxygens (including phenoxy) is 1. The van der Waals surface area contributed by atoms with Gasteiger partial charge in [-0.3, -0.25) is 0 Å². The lowest BCUT2D eigenvalue weighted by Crippen LogP contribution is -2.37. The molecule has 3 nitrogen and oxygen atoms in total. The Morgan fingerprint density at radius 2 is 1.86 bits per heavy atom. The maximum atomic E-state index is 6.03. The number of hydrogen-bond donors (Lipinski definition) is 0. The standard InChI is InChI=1S/C18H22N2O/c1-15-7-8-18(19-13-15)20-11-9-17(10-12-20)21-14-16-5-3-2-4-6-16/h2-8,13,17H,9-12,14H2,1H3. The molecule has 1 aliphatic heterocycles. The quantitative estimate of drug-likeness (QED) is 0.857. The first-order chi connectivity index (χ1) is 10.3. The lowest BCUT2D eigenvalue weighted by Gasteiger charge is -2.32. The summed E-state index contributed by atoms with van der Waals surface area (Å²) in [6.07, 6.45) is 4.45. The van der Waals surface area contributed by atoms with Crippen molar-refractivity contribution >= 4 is 5.82 Å². The fourth-order valence-electron chi connectivity index (χ4n) is 2.69. The summed E-state index contributed by atoms with van der Waals surface area (Å²) in [4.78, 5) is 6.85. The molecule has 2 heterocycles. The van der Waals surface area contributed by atoms with Crippen LogP contribution in [0.25, 0.3) is 0 Å². The molecule has 3 heteroatoms. The van der Waals surface area contributed by atoms with Gasteiger partial charge in [0, 0.05) is 19.3 Å². The van der Waals surface area contributed by atoms with E-state index in [4.69, 9.17) is 4.74 Å². The zero-order chi connectivity index (χ0) is 14.5. The lowest BCUT2D eigenvalue weighted by atomic mass is 10.1. The van der Waals surface area contributed by atoms with Crippen molar-refractivity contribution in [2.75, 3.05) is 18.0 Å². The average Bonchev–Trinajstić information content (AvgIpc) is 2.55. The van der Waals surface area contributed by atoms with Gasteiger partial charge >= 0.3 is 0 Å². The molecule has 0 spiro atoms. The van der Waals surface area contributed by atoms with E-state index in [2.05, 4.69) is 53.2 Å². The van der Waals surface area contributed by atoms with Crippen molar-refractivity contribution in [1.82, 2.24) is 4.98 Å². The molecular weight excluding hydrogens is 260 g/mol. The monoisotopic (exact) mass is 282 g/mol. The van der Waals surface area contributed by atoms with Gasteiger partial charge < -0.3 is 9.64 Å². The second-order valence-electron chi connectivity index (χ2n) is 5.68. The molecule has 2 aromatic rings. The summed E-state index contributed by atoms with van der Waals surface area (Å²) in [5.74, 6) is 1.09. The Morgan fingerprint density at radius 3 is 2.52 bits per heavy atom. The van der Waals surface area contributed by atoms with Crippen LogP contribution >= 0.6 is 0 Å². The van der Waals surface area contributed by atoms with Crippen molar-refractivity contribution < 1.29 is 4.74 Å². The summed E-state index contributed by atoms with van der Waals surface area (Å²) >= 11 is 0. The van der Waals surface area contributed by atoms with E-state index in [-0.39, 0.29) is 0 Å². The van der Waals surface area contributed by atoms with Crippen LogP contribution in [0, 0.1) is 6.92 Å². The molecule has 1 aromatic carbocycles.